The maximum atomic E-state index is 12.6. The number of hydrogen-bond acceptors (Lipinski definition) is 3. The van der Waals surface area contributed by atoms with Crippen LogP contribution in [0.5, 0.6) is 0 Å². The number of halogens is 1. The molecule has 2 rings (SSSR count). The number of carbonyl (C=O) groups is 1. The number of nitrogens with one attached hydrogen (secondary N) is 1. The quantitative estimate of drug-likeness (QED) is 0.902. The molecule has 0 spiro atoms. The average Bonchev–Trinajstić information content (AvgIpc) is 2.89. The fourth-order valence-corrected chi connectivity index (χ4v) is 3.23. The standard InChI is InChI=1S/C16H19ClN2OS/c1-5-16(4,15-18-10(2)9-21-15)19-14(20)12-7-6-8-13(17)11(12)3/h6-9H,5H2,1-4H3,(H,19,20). The molecule has 0 bridgehead atoms. The summed E-state index contributed by atoms with van der Waals surface area (Å²) in [5.41, 5.74) is 1.91. The van der Waals surface area contributed by atoms with Crippen LogP contribution in [0.3, 0.4) is 0 Å². The lowest BCUT2D eigenvalue weighted by molar-refractivity contribution is 0.0901. The van der Waals surface area contributed by atoms with Gasteiger partial charge in [0.25, 0.3) is 5.91 Å². The maximum absolute atomic E-state index is 12.6. The maximum Gasteiger partial charge on any atom is 0.252 e. The van der Waals surface area contributed by atoms with E-state index >= 15 is 0 Å². The molecule has 21 heavy (non-hydrogen) atoms. The average molecular weight is 323 g/mol. The summed E-state index contributed by atoms with van der Waals surface area (Å²) in [6, 6.07) is 5.37. The van der Waals surface area contributed by atoms with Gasteiger partial charge in [-0.05, 0) is 44.9 Å². The second kappa shape index (κ2) is 6.16. The first-order chi connectivity index (χ1) is 9.87. The molecule has 1 atom stereocenters. The Morgan fingerprint density at radius 2 is 2.14 bits per heavy atom. The fraction of sp³-hybridized carbons (Fsp3) is 0.375. The van der Waals surface area contributed by atoms with E-state index in [0.717, 1.165) is 22.7 Å². The highest BCUT2D eigenvalue weighted by atomic mass is 35.5. The van der Waals surface area contributed by atoms with Crippen molar-refractivity contribution in [3.8, 4) is 0 Å². The molecule has 0 aliphatic heterocycles. The van der Waals surface area contributed by atoms with Crippen LogP contribution in [-0.2, 0) is 5.54 Å². The highest BCUT2D eigenvalue weighted by molar-refractivity contribution is 7.09. The van der Waals surface area contributed by atoms with Gasteiger partial charge in [-0.15, -0.1) is 11.3 Å². The highest BCUT2D eigenvalue weighted by Gasteiger charge is 2.30. The van der Waals surface area contributed by atoms with Gasteiger partial charge in [-0.1, -0.05) is 24.6 Å². The van der Waals surface area contributed by atoms with Gasteiger partial charge in [-0.25, -0.2) is 4.98 Å². The van der Waals surface area contributed by atoms with Gasteiger partial charge in [-0.2, -0.15) is 0 Å². The van der Waals surface area contributed by atoms with E-state index in [1.54, 1.807) is 29.5 Å². The first kappa shape index (κ1) is 16.0. The third-order valence-corrected chi connectivity index (χ3v) is 5.33. The summed E-state index contributed by atoms with van der Waals surface area (Å²) in [7, 11) is 0. The van der Waals surface area contributed by atoms with Gasteiger partial charge < -0.3 is 5.32 Å². The van der Waals surface area contributed by atoms with Gasteiger partial charge in [0.1, 0.15) is 5.01 Å². The van der Waals surface area contributed by atoms with Crippen LogP contribution in [0.4, 0.5) is 0 Å². The van der Waals surface area contributed by atoms with Crippen LogP contribution in [0.25, 0.3) is 0 Å². The van der Waals surface area contributed by atoms with E-state index < -0.39 is 5.54 Å². The third kappa shape index (κ3) is 3.27. The third-order valence-electron chi connectivity index (χ3n) is 3.70. The molecule has 1 heterocycles. The summed E-state index contributed by atoms with van der Waals surface area (Å²) in [4.78, 5) is 17.1. The summed E-state index contributed by atoms with van der Waals surface area (Å²) in [6.07, 6.45) is 0.769. The Hall–Kier alpha value is -1.39. The lowest BCUT2D eigenvalue weighted by atomic mass is 9.98. The van der Waals surface area contributed by atoms with Crippen molar-refractivity contribution in [1.82, 2.24) is 10.3 Å². The van der Waals surface area contributed by atoms with E-state index in [-0.39, 0.29) is 5.91 Å². The van der Waals surface area contributed by atoms with Gasteiger partial charge in [0, 0.05) is 21.7 Å². The van der Waals surface area contributed by atoms with Crippen molar-refractivity contribution in [2.24, 2.45) is 0 Å². The SMILES string of the molecule is CCC(C)(NC(=O)c1cccc(Cl)c1C)c1nc(C)cs1. The predicted molar refractivity (Wildman–Crippen MR) is 88.1 cm³/mol. The van der Waals surface area contributed by atoms with Gasteiger partial charge in [0.2, 0.25) is 0 Å². The van der Waals surface area contributed by atoms with Crippen molar-refractivity contribution in [1.29, 1.82) is 0 Å². The van der Waals surface area contributed by atoms with Gasteiger partial charge in [-0.3, -0.25) is 4.79 Å². The van der Waals surface area contributed by atoms with Crippen LogP contribution in [0.2, 0.25) is 5.02 Å². The minimum atomic E-state index is -0.467. The number of thiazole rings is 1. The van der Waals surface area contributed by atoms with Crippen LogP contribution in [0.1, 0.15) is 46.9 Å². The van der Waals surface area contributed by atoms with E-state index in [9.17, 15) is 4.79 Å². The van der Waals surface area contributed by atoms with Crippen LogP contribution >= 0.6 is 22.9 Å². The molecule has 0 aliphatic carbocycles. The van der Waals surface area contributed by atoms with Crippen molar-refractivity contribution < 1.29 is 4.79 Å². The predicted octanol–water partition coefficient (Wildman–Crippen LogP) is 4.47. The summed E-state index contributed by atoms with van der Waals surface area (Å²) in [6.45, 7) is 7.86. The number of rotatable bonds is 4. The molecule has 1 amide bonds. The minimum Gasteiger partial charge on any atom is -0.340 e. The second-order valence-corrected chi connectivity index (χ2v) is 6.61. The number of aromatic nitrogens is 1. The van der Waals surface area contributed by atoms with Crippen molar-refractivity contribution in [2.45, 2.75) is 39.7 Å². The van der Waals surface area contributed by atoms with Gasteiger partial charge in [0.15, 0.2) is 0 Å². The molecule has 1 N–H and O–H groups in total. The van der Waals surface area contributed by atoms with Crippen LogP contribution in [0, 0.1) is 13.8 Å². The smallest absolute Gasteiger partial charge is 0.252 e. The lowest BCUT2D eigenvalue weighted by Crippen LogP contribution is -2.43. The van der Waals surface area contributed by atoms with E-state index in [2.05, 4.69) is 10.3 Å². The molecule has 0 radical (unpaired) electrons. The largest absolute Gasteiger partial charge is 0.340 e. The zero-order valence-electron chi connectivity index (χ0n) is 12.7. The Morgan fingerprint density at radius 1 is 1.43 bits per heavy atom. The second-order valence-electron chi connectivity index (χ2n) is 5.35. The van der Waals surface area contributed by atoms with Crippen LogP contribution in [-0.4, -0.2) is 10.9 Å². The van der Waals surface area contributed by atoms with Crippen molar-refractivity contribution in [3.05, 3.63) is 50.4 Å². The molecular weight excluding hydrogens is 304 g/mol. The van der Waals surface area contributed by atoms with E-state index in [0.29, 0.717) is 10.6 Å². The van der Waals surface area contributed by atoms with Crippen molar-refractivity contribution >= 4 is 28.8 Å². The molecule has 112 valence electrons. The van der Waals surface area contributed by atoms with Gasteiger partial charge >= 0.3 is 0 Å². The molecular formula is C16H19ClN2OS. The number of nitrogens with zero attached hydrogens (tertiary/aromatic N) is 1. The Labute approximate surface area is 134 Å². The molecule has 2 aromatic rings. The summed E-state index contributed by atoms with van der Waals surface area (Å²) < 4.78 is 0. The van der Waals surface area contributed by atoms with Crippen molar-refractivity contribution in [3.63, 3.8) is 0 Å². The Bertz CT molecular complexity index is 668. The topological polar surface area (TPSA) is 42.0 Å². The molecule has 0 fully saturated rings. The van der Waals surface area contributed by atoms with E-state index in [1.165, 1.54) is 0 Å². The number of amides is 1. The number of hydrogen-bond donors (Lipinski definition) is 1. The molecule has 3 nitrogen and oxygen atoms in total. The van der Waals surface area contributed by atoms with Crippen LogP contribution in [0.15, 0.2) is 23.6 Å². The number of carbonyl (C=O) groups excluding carboxylic acids is 1. The van der Waals surface area contributed by atoms with E-state index in [4.69, 9.17) is 11.6 Å². The Kier molecular flexibility index (Phi) is 4.69. The fourth-order valence-electron chi connectivity index (χ4n) is 2.07. The molecule has 1 unspecified atom stereocenters. The highest BCUT2D eigenvalue weighted by Crippen LogP contribution is 2.28. The zero-order chi connectivity index (χ0) is 15.6. The summed E-state index contributed by atoms with van der Waals surface area (Å²) in [5, 5.41) is 6.64. The summed E-state index contributed by atoms with van der Waals surface area (Å²) >= 11 is 7.67. The zero-order valence-corrected chi connectivity index (χ0v) is 14.2. The summed E-state index contributed by atoms with van der Waals surface area (Å²) in [5.74, 6) is -0.118. The first-order valence-corrected chi connectivity index (χ1v) is 8.13. The molecule has 1 aromatic carbocycles. The molecule has 0 saturated heterocycles. The Morgan fingerprint density at radius 3 is 2.71 bits per heavy atom. The number of aryl methyl sites for hydroxylation is 1. The van der Waals surface area contributed by atoms with Crippen molar-refractivity contribution in [2.75, 3.05) is 0 Å². The molecule has 1 aromatic heterocycles. The van der Waals surface area contributed by atoms with Crippen LogP contribution < -0.4 is 5.32 Å². The molecule has 5 heteroatoms. The number of benzene rings is 1. The Balaban J connectivity index is 2.30. The minimum absolute atomic E-state index is 0.118. The van der Waals surface area contributed by atoms with Gasteiger partial charge in [0.05, 0.1) is 5.54 Å². The molecule has 0 saturated carbocycles. The van der Waals surface area contributed by atoms with E-state index in [1.807, 2.05) is 33.1 Å². The lowest BCUT2D eigenvalue weighted by Gasteiger charge is -2.27. The first-order valence-electron chi connectivity index (χ1n) is 6.87. The monoisotopic (exact) mass is 322 g/mol. The normalized spacial score (nSPS) is 13.8. The molecule has 0 aliphatic rings.